The third-order valence-electron chi connectivity index (χ3n) is 12.5. The van der Waals surface area contributed by atoms with Gasteiger partial charge in [-0.1, -0.05) is 20.4 Å². The van der Waals surface area contributed by atoms with Gasteiger partial charge in [-0.3, -0.25) is 9.59 Å². The fraction of sp³-hybridized carbons (Fsp3) is 0.871. The van der Waals surface area contributed by atoms with Gasteiger partial charge >= 0.3 is 5.97 Å². The molecule has 5 fully saturated rings. The normalized spacial score (nSPS) is 45.4. The molecule has 1 amide bonds. The topological polar surface area (TPSA) is 87.1 Å². The van der Waals surface area contributed by atoms with Crippen molar-refractivity contribution in [2.45, 2.75) is 103 Å². The number of aliphatic hydroxyl groups excluding tert-OH is 2. The number of hydrogen-bond acceptors (Lipinski definition) is 5. The lowest BCUT2D eigenvalue weighted by Gasteiger charge is -2.62. The average Bonchev–Trinajstić information content (AvgIpc) is 3.46. The molecule has 1 aliphatic heterocycles. The van der Waals surface area contributed by atoms with Crippen LogP contribution in [0.1, 0.15) is 78.6 Å². The number of aliphatic hydroxyl groups is 2. The van der Waals surface area contributed by atoms with E-state index in [0.29, 0.717) is 29.7 Å². The second-order valence-electron chi connectivity index (χ2n) is 14.0. The maximum Gasteiger partial charge on any atom is 0.303 e. The van der Waals surface area contributed by atoms with E-state index in [1.54, 1.807) is 11.8 Å². The van der Waals surface area contributed by atoms with Crippen molar-refractivity contribution >= 4 is 12.4 Å². The van der Waals surface area contributed by atoms with Crippen LogP contribution >= 0.6 is 0 Å². The van der Waals surface area contributed by atoms with Crippen molar-refractivity contribution in [1.29, 1.82) is 0 Å². The number of esters is 1. The molecular weight excluding hydrogens is 480 g/mol. The summed E-state index contributed by atoms with van der Waals surface area (Å²) in [6, 6.07) is 0.0961. The lowest BCUT2D eigenvalue weighted by Crippen LogP contribution is -2.60. The van der Waals surface area contributed by atoms with Crippen LogP contribution in [0.2, 0.25) is 0 Å². The highest BCUT2D eigenvalue weighted by Gasteiger charge is 2.67. The van der Waals surface area contributed by atoms with Gasteiger partial charge in [0.05, 0.1) is 38.4 Å². The highest BCUT2D eigenvalue weighted by Crippen LogP contribution is 2.67. The molecule has 0 aromatic heterocycles. The monoisotopic (exact) mass is 531 g/mol. The second kappa shape index (κ2) is 10.5. The first kappa shape index (κ1) is 28.1. The standard InChI is InChI=1S/C31H51N2O5/c1-5-13-33(14-6-7-15-33)27-18-25-23-9-8-22-17-28(37)26(32(20-35)12-16-34)19-31(22,4)24(23)10-11-30(25,3)29(27)38-21(2)36/h5,20,22-29,34,37H,1,6-19H2,2-4H3/q+1/t22-,23+,24-,25-,26-,27-,28-,29-,30-,31-/m0/s1. The SMILES string of the molecule is C=CC[N+]1([C@H]2C[C@H]3[C@@H]4CC[C@H]5C[C@H](O)[C@@H](N(C=O)CCO)C[C@]5(C)[C@H]4CC[C@]3(C)[C@H]2OC(C)=O)CCCC1. The van der Waals surface area contributed by atoms with Crippen molar-refractivity contribution in [3.63, 3.8) is 0 Å². The molecule has 214 valence electrons. The third kappa shape index (κ3) is 4.35. The summed E-state index contributed by atoms with van der Waals surface area (Å²) in [5.41, 5.74) is 0.0376. The van der Waals surface area contributed by atoms with E-state index >= 15 is 0 Å². The Bertz CT molecular complexity index is 905. The Morgan fingerprint density at radius 2 is 1.87 bits per heavy atom. The Morgan fingerprint density at radius 1 is 1.13 bits per heavy atom. The average molecular weight is 532 g/mol. The van der Waals surface area contributed by atoms with Gasteiger partial charge in [0.25, 0.3) is 0 Å². The third-order valence-corrected chi connectivity index (χ3v) is 12.5. The first-order valence-electron chi connectivity index (χ1n) is 15.3. The van der Waals surface area contributed by atoms with Crippen molar-refractivity contribution in [2.24, 2.45) is 34.5 Å². The number of amides is 1. The van der Waals surface area contributed by atoms with Crippen molar-refractivity contribution < 1.29 is 29.0 Å². The van der Waals surface area contributed by atoms with Crippen molar-refractivity contribution in [3.8, 4) is 0 Å². The van der Waals surface area contributed by atoms with Gasteiger partial charge in [-0.25, -0.2) is 0 Å². The fourth-order valence-corrected chi connectivity index (χ4v) is 10.8. The molecule has 10 atom stereocenters. The summed E-state index contributed by atoms with van der Waals surface area (Å²) in [4.78, 5) is 26.0. The van der Waals surface area contributed by atoms with Gasteiger partial charge in [-0.05, 0) is 73.7 Å². The van der Waals surface area contributed by atoms with E-state index < -0.39 is 6.10 Å². The number of fused-ring (bicyclic) bond motifs is 5. The van der Waals surface area contributed by atoms with Gasteiger partial charge in [-0.2, -0.15) is 0 Å². The van der Waals surface area contributed by atoms with Gasteiger partial charge in [-0.15, -0.1) is 0 Å². The lowest BCUT2D eigenvalue weighted by atomic mass is 9.44. The molecule has 5 aliphatic rings. The van der Waals surface area contributed by atoms with Gasteiger partial charge in [0.1, 0.15) is 6.04 Å². The maximum absolute atomic E-state index is 12.4. The van der Waals surface area contributed by atoms with Crippen molar-refractivity contribution in [2.75, 3.05) is 32.8 Å². The van der Waals surface area contributed by atoms with Crippen LogP contribution in [0.5, 0.6) is 0 Å². The Morgan fingerprint density at radius 3 is 2.50 bits per heavy atom. The molecule has 4 aliphatic carbocycles. The van der Waals surface area contributed by atoms with E-state index in [-0.39, 0.29) is 42.1 Å². The van der Waals surface area contributed by atoms with E-state index in [1.165, 1.54) is 19.3 Å². The molecule has 0 unspecified atom stereocenters. The van der Waals surface area contributed by atoms with Gasteiger partial charge < -0.3 is 24.3 Å². The maximum atomic E-state index is 12.4. The minimum Gasteiger partial charge on any atom is -0.456 e. The Hall–Kier alpha value is -1.44. The highest BCUT2D eigenvalue weighted by atomic mass is 16.5. The molecule has 1 heterocycles. The summed E-state index contributed by atoms with van der Waals surface area (Å²) in [5.74, 6) is 1.93. The second-order valence-corrected chi connectivity index (χ2v) is 14.0. The molecule has 0 aromatic carbocycles. The summed E-state index contributed by atoms with van der Waals surface area (Å²) in [5, 5.41) is 20.6. The number of quaternary nitrogens is 1. The van der Waals surface area contributed by atoms with E-state index in [9.17, 15) is 19.8 Å². The summed E-state index contributed by atoms with van der Waals surface area (Å²) >= 11 is 0. The number of hydrogen-bond donors (Lipinski definition) is 2. The summed E-state index contributed by atoms with van der Waals surface area (Å²) in [6.07, 6.45) is 11.9. The summed E-state index contributed by atoms with van der Waals surface area (Å²) in [6.45, 7) is 14.0. The fourth-order valence-electron chi connectivity index (χ4n) is 10.8. The molecule has 0 spiro atoms. The van der Waals surface area contributed by atoms with Gasteiger partial charge in [0, 0.05) is 38.1 Å². The van der Waals surface area contributed by atoms with Crippen LogP contribution < -0.4 is 0 Å². The quantitative estimate of drug-likeness (QED) is 0.217. The van der Waals surface area contributed by atoms with E-state index in [0.717, 1.165) is 69.1 Å². The Balaban J connectivity index is 1.46. The molecule has 2 N–H and O–H groups in total. The minimum atomic E-state index is -0.530. The zero-order valence-electron chi connectivity index (χ0n) is 23.9. The van der Waals surface area contributed by atoms with Crippen LogP contribution in [-0.2, 0) is 14.3 Å². The molecule has 38 heavy (non-hydrogen) atoms. The number of carbonyl (C=O) groups is 2. The number of carbonyl (C=O) groups excluding carboxylic acids is 2. The summed E-state index contributed by atoms with van der Waals surface area (Å²) in [7, 11) is 0. The van der Waals surface area contributed by atoms with Gasteiger partial charge in [0.2, 0.25) is 6.41 Å². The van der Waals surface area contributed by atoms with Crippen molar-refractivity contribution in [1.82, 2.24) is 4.90 Å². The number of nitrogens with zero attached hydrogens (tertiary/aromatic N) is 2. The first-order valence-corrected chi connectivity index (χ1v) is 15.3. The number of likely N-dealkylation sites (tertiary alicyclic amines) is 1. The van der Waals surface area contributed by atoms with Crippen LogP contribution in [0.15, 0.2) is 12.7 Å². The Kier molecular flexibility index (Phi) is 7.77. The zero-order chi connectivity index (χ0) is 27.3. The highest BCUT2D eigenvalue weighted by molar-refractivity contribution is 5.66. The molecule has 0 bridgehead atoms. The van der Waals surface area contributed by atoms with E-state index in [2.05, 4.69) is 26.5 Å². The van der Waals surface area contributed by atoms with E-state index in [4.69, 9.17) is 4.74 Å². The van der Waals surface area contributed by atoms with Crippen LogP contribution in [0.3, 0.4) is 0 Å². The van der Waals surface area contributed by atoms with Crippen LogP contribution in [0.4, 0.5) is 0 Å². The summed E-state index contributed by atoms with van der Waals surface area (Å²) < 4.78 is 7.33. The number of ether oxygens (including phenoxy) is 1. The molecule has 7 nitrogen and oxygen atoms in total. The zero-order valence-corrected chi connectivity index (χ0v) is 23.9. The minimum absolute atomic E-state index is 0.0188. The predicted octanol–water partition coefficient (Wildman–Crippen LogP) is 3.53. The van der Waals surface area contributed by atoms with Crippen LogP contribution in [0.25, 0.3) is 0 Å². The molecule has 5 rings (SSSR count). The molecule has 1 saturated heterocycles. The van der Waals surface area contributed by atoms with Crippen LogP contribution in [0, 0.1) is 34.5 Å². The molecule has 0 aromatic rings. The Labute approximate surface area is 229 Å². The molecule has 7 heteroatoms. The predicted molar refractivity (Wildman–Crippen MR) is 146 cm³/mol. The molecular formula is C31H51N2O5+. The largest absolute Gasteiger partial charge is 0.456 e. The van der Waals surface area contributed by atoms with Gasteiger partial charge in [0.15, 0.2) is 6.10 Å². The molecule has 0 radical (unpaired) electrons. The van der Waals surface area contributed by atoms with E-state index in [1.807, 2.05) is 0 Å². The van der Waals surface area contributed by atoms with Crippen molar-refractivity contribution in [3.05, 3.63) is 12.7 Å². The lowest BCUT2D eigenvalue weighted by molar-refractivity contribution is -0.937. The number of rotatable bonds is 8. The molecule has 4 saturated carbocycles. The smallest absolute Gasteiger partial charge is 0.303 e. The first-order chi connectivity index (χ1) is 18.1. The van der Waals surface area contributed by atoms with Crippen LogP contribution in [-0.4, -0.2) is 89.1 Å².